The first-order valence-electron chi connectivity index (χ1n) is 6.27. The van der Waals surface area contributed by atoms with E-state index in [1.54, 1.807) is 17.1 Å². The second kappa shape index (κ2) is 5.47. The van der Waals surface area contributed by atoms with E-state index < -0.39 is 10.0 Å². The number of nitrogens with one attached hydrogen (secondary N) is 1. The zero-order chi connectivity index (χ0) is 14.9. The number of aromatic nitrogens is 5. The van der Waals surface area contributed by atoms with Crippen molar-refractivity contribution in [3.8, 4) is 11.3 Å². The van der Waals surface area contributed by atoms with E-state index in [1.165, 1.54) is 6.33 Å². The topological polar surface area (TPSA) is 112 Å². The summed E-state index contributed by atoms with van der Waals surface area (Å²) in [4.78, 5) is 7.91. The smallest absolute Gasteiger partial charge is 0.208 e. The Balaban J connectivity index is 1.76. The Hall–Kier alpha value is -1.91. The summed E-state index contributed by atoms with van der Waals surface area (Å²) < 4.78 is 32.0. The molecule has 0 amide bonds. The molecule has 0 radical (unpaired) electrons. The molecule has 0 fully saturated rings. The number of ether oxygens (including phenoxy) is 1. The van der Waals surface area contributed by atoms with E-state index in [2.05, 4.69) is 25.0 Å². The lowest BCUT2D eigenvalue weighted by Gasteiger charge is -2.23. The van der Waals surface area contributed by atoms with Gasteiger partial charge in [0.2, 0.25) is 10.0 Å². The molecule has 21 heavy (non-hydrogen) atoms. The van der Waals surface area contributed by atoms with Crippen LogP contribution in [0.5, 0.6) is 0 Å². The first-order chi connectivity index (χ1) is 10.0. The lowest BCUT2D eigenvalue weighted by Crippen LogP contribution is -2.38. The van der Waals surface area contributed by atoms with Gasteiger partial charge in [-0.2, -0.15) is 0 Å². The molecule has 0 bridgehead atoms. The molecule has 2 aromatic rings. The lowest BCUT2D eigenvalue weighted by atomic mass is 10.2. The minimum atomic E-state index is -3.23. The van der Waals surface area contributed by atoms with E-state index in [-0.39, 0.29) is 12.6 Å². The number of nitrogens with zero attached hydrogens (tertiary/aromatic N) is 5. The highest BCUT2D eigenvalue weighted by molar-refractivity contribution is 7.88. The minimum Gasteiger partial charge on any atom is -0.369 e. The maximum absolute atomic E-state index is 11.1. The molecule has 2 aromatic heterocycles. The Kier molecular flexibility index (Phi) is 3.66. The van der Waals surface area contributed by atoms with E-state index in [1.807, 2.05) is 0 Å². The fraction of sp³-hybridized carbons (Fsp3) is 0.455. The molecule has 3 heterocycles. The molecule has 0 aromatic carbocycles. The molecule has 112 valence electrons. The van der Waals surface area contributed by atoms with Gasteiger partial charge in [-0.05, 0) is 0 Å². The molecule has 0 spiro atoms. The van der Waals surface area contributed by atoms with Crippen molar-refractivity contribution in [1.29, 1.82) is 0 Å². The zero-order valence-corrected chi connectivity index (χ0v) is 12.1. The largest absolute Gasteiger partial charge is 0.369 e. The van der Waals surface area contributed by atoms with Gasteiger partial charge < -0.3 is 4.74 Å². The maximum Gasteiger partial charge on any atom is 0.208 e. The van der Waals surface area contributed by atoms with Gasteiger partial charge >= 0.3 is 0 Å². The Bertz CT molecular complexity index is 730. The molecular formula is C11H14N6O3S. The van der Waals surface area contributed by atoms with Crippen LogP contribution in [-0.2, 0) is 27.9 Å². The van der Waals surface area contributed by atoms with E-state index in [4.69, 9.17) is 4.74 Å². The lowest BCUT2D eigenvalue weighted by molar-refractivity contribution is 0.00434. The van der Waals surface area contributed by atoms with Crippen LogP contribution in [0.1, 0.15) is 5.69 Å². The summed E-state index contributed by atoms with van der Waals surface area (Å²) in [7, 11) is -3.23. The van der Waals surface area contributed by atoms with Crippen LogP contribution in [0.3, 0.4) is 0 Å². The van der Waals surface area contributed by atoms with Crippen LogP contribution in [0.15, 0.2) is 18.7 Å². The zero-order valence-electron chi connectivity index (χ0n) is 11.3. The van der Waals surface area contributed by atoms with Gasteiger partial charge in [0, 0.05) is 24.5 Å². The normalized spacial score (nSPS) is 18.4. The van der Waals surface area contributed by atoms with Crippen LogP contribution in [0.4, 0.5) is 0 Å². The van der Waals surface area contributed by atoms with Gasteiger partial charge in [0.15, 0.2) is 0 Å². The third-order valence-corrected chi connectivity index (χ3v) is 3.77. The Labute approximate surface area is 121 Å². The molecule has 1 aliphatic rings. The van der Waals surface area contributed by atoms with Crippen LogP contribution < -0.4 is 4.72 Å². The molecule has 0 aliphatic carbocycles. The molecule has 0 saturated heterocycles. The van der Waals surface area contributed by atoms with Crippen molar-refractivity contribution in [2.45, 2.75) is 19.3 Å². The maximum atomic E-state index is 11.1. The highest BCUT2D eigenvalue weighted by Crippen LogP contribution is 2.23. The Morgan fingerprint density at radius 2 is 2.19 bits per heavy atom. The summed E-state index contributed by atoms with van der Waals surface area (Å²) >= 11 is 0. The molecule has 1 aliphatic heterocycles. The summed E-state index contributed by atoms with van der Waals surface area (Å²) in [6.45, 7) is 0.966. The van der Waals surface area contributed by atoms with Gasteiger partial charge in [0.25, 0.3) is 0 Å². The van der Waals surface area contributed by atoms with Crippen molar-refractivity contribution >= 4 is 10.0 Å². The number of fused-ring (bicyclic) bond motifs is 1. The molecule has 0 unspecified atom stereocenters. The summed E-state index contributed by atoms with van der Waals surface area (Å²) in [5, 5.41) is 8.21. The van der Waals surface area contributed by atoms with Crippen molar-refractivity contribution in [2.75, 3.05) is 12.8 Å². The molecular weight excluding hydrogens is 296 g/mol. The average Bonchev–Trinajstić information content (AvgIpc) is 2.88. The van der Waals surface area contributed by atoms with E-state index in [9.17, 15) is 8.42 Å². The van der Waals surface area contributed by atoms with Crippen molar-refractivity contribution < 1.29 is 13.2 Å². The summed E-state index contributed by atoms with van der Waals surface area (Å²) in [6.07, 6.45) is 5.62. The van der Waals surface area contributed by atoms with Crippen molar-refractivity contribution in [2.24, 2.45) is 0 Å². The van der Waals surface area contributed by atoms with Crippen molar-refractivity contribution in [3.05, 3.63) is 24.4 Å². The molecule has 0 saturated carbocycles. The summed E-state index contributed by atoms with van der Waals surface area (Å²) in [6, 6.07) is 0. The van der Waals surface area contributed by atoms with Crippen molar-refractivity contribution in [3.63, 3.8) is 0 Å². The van der Waals surface area contributed by atoms with Crippen LogP contribution >= 0.6 is 0 Å². The van der Waals surface area contributed by atoms with Gasteiger partial charge in [0.05, 0.1) is 31.2 Å². The predicted octanol–water partition coefficient (Wildman–Crippen LogP) is -0.817. The summed E-state index contributed by atoms with van der Waals surface area (Å²) in [5.74, 6) is 0. The monoisotopic (exact) mass is 310 g/mol. The highest BCUT2D eigenvalue weighted by Gasteiger charge is 2.25. The molecule has 10 heteroatoms. The minimum absolute atomic E-state index is 0.210. The third kappa shape index (κ3) is 3.23. The number of hydrogen-bond donors (Lipinski definition) is 1. The van der Waals surface area contributed by atoms with Crippen LogP contribution in [0.25, 0.3) is 11.3 Å². The summed E-state index contributed by atoms with van der Waals surface area (Å²) in [5.41, 5.74) is 2.29. The number of hydrogen-bond acceptors (Lipinski definition) is 7. The third-order valence-electron chi connectivity index (χ3n) is 3.08. The second-order valence-corrected chi connectivity index (χ2v) is 6.58. The van der Waals surface area contributed by atoms with Crippen LogP contribution in [0, 0.1) is 0 Å². The second-order valence-electron chi connectivity index (χ2n) is 4.75. The Morgan fingerprint density at radius 1 is 1.43 bits per heavy atom. The predicted molar refractivity (Wildman–Crippen MR) is 72.5 cm³/mol. The standard InChI is InChI=1S/C11H14N6O3S/c1-21(18,19)14-4-9-5-17-10(6-20-9)11(15-16-17)8-2-12-7-13-3-8/h2-3,7,9,14H,4-6H2,1H3/t9-/m1/s1. The number of sulfonamides is 1. The SMILES string of the molecule is CS(=O)(=O)NC[C@@H]1Cn2nnc(-c3cncnc3)c2CO1. The number of rotatable bonds is 4. The highest BCUT2D eigenvalue weighted by atomic mass is 32.2. The average molecular weight is 310 g/mol. The first kappa shape index (κ1) is 14.0. The van der Waals surface area contributed by atoms with Gasteiger partial charge in [0.1, 0.15) is 12.0 Å². The van der Waals surface area contributed by atoms with Crippen LogP contribution in [-0.4, -0.2) is 52.3 Å². The molecule has 1 atom stereocenters. The van der Waals surface area contributed by atoms with E-state index in [0.29, 0.717) is 18.8 Å². The molecule has 1 N–H and O–H groups in total. The molecule has 3 rings (SSSR count). The first-order valence-corrected chi connectivity index (χ1v) is 8.16. The quantitative estimate of drug-likeness (QED) is 0.785. The van der Waals surface area contributed by atoms with Crippen LogP contribution in [0.2, 0.25) is 0 Å². The van der Waals surface area contributed by atoms with E-state index in [0.717, 1.165) is 17.5 Å². The Morgan fingerprint density at radius 3 is 2.90 bits per heavy atom. The van der Waals surface area contributed by atoms with Gasteiger partial charge in [-0.1, -0.05) is 5.21 Å². The fourth-order valence-corrected chi connectivity index (χ4v) is 2.57. The van der Waals surface area contributed by atoms with Crippen molar-refractivity contribution in [1.82, 2.24) is 29.7 Å². The molecule has 9 nitrogen and oxygen atoms in total. The van der Waals surface area contributed by atoms with Gasteiger partial charge in [-0.3, -0.25) is 0 Å². The van der Waals surface area contributed by atoms with Gasteiger partial charge in [-0.25, -0.2) is 27.8 Å². The van der Waals surface area contributed by atoms with E-state index >= 15 is 0 Å². The van der Waals surface area contributed by atoms with Gasteiger partial charge in [-0.15, -0.1) is 5.10 Å². The fourth-order valence-electron chi connectivity index (χ4n) is 2.08.